The Morgan fingerprint density at radius 2 is 1.89 bits per heavy atom. The van der Waals surface area contributed by atoms with E-state index in [0.717, 1.165) is 56.2 Å². The van der Waals surface area contributed by atoms with Crippen molar-refractivity contribution in [1.29, 1.82) is 0 Å². The molecule has 1 aliphatic heterocycles. The first-order chi connectivity index (χ1) is 13.1. The van der Waals surface area contributed by atoms with Crippen LogP contribution in [0.15, 0.2) is 15.4 Å². The summed E-state index contributed by atoms with van der Waals surface area (Å²) in [7, 11) is 0. The van der Waals surface area contributed by atoms with Crippen molar-refractivity contribution in [2.45, 2.75) is 57.4 Å². The fraction of sp³-hybridized carbons (Fsp3) is 0.579. The molecule has 0 spiro atoms. The van der Waals surface area contributed by atoms with Gasteiger partial charge in [-0.2, -0.15) is 5.10 Å². The van der Waals surface area contributed by atoms with Crippen LogP contribution in [0.3, 0.4) is 0 Å². The summed E-state index contributed by atoms with van der Waals surface area (Å²) in [5.74, 6) is 2.60. The largest absolute Gasteiger partial charge is 0.445 e. The molecule has 2 fully saturated rings. The number of aromatic nitrogens is 5. The van der Waals surface area contributed by atoms with Gasteiger partial charge in [0.1, 0.15) is 17.0 Å². The molecule has 2 aliphatic rings. The summed E-state index contributed by atoms with van der Waals surface area (Å²) in [6, 6.07) is 0.229. The van der Waals surface area contributed by atoms with Crippen LogP contribution in [0.4, 0.5) is 0 Å². The molecular formula is C19H23N5O3. The van der Waals surface area contributed by atoms with Gasteiger partial charge in [0.05, 0.1) is 17.9 Å². The van der Waals surface area contributed by atoms with E-state index >= 15 is 0 Å². The van der Waals surface area contributed by atoms with Crippen LogP contribution in [0.2, 0.25) is 0 Å². The summed E-state index contributed by atoms with van der Waals surface area (Å²) in [5.41, 5.74) is 1.47. The van der Waals surface area contributed by atoms with Crippen molar-refractivity contribution < 1.29 is 9.15 Å². The molecule has 8 heteroatoms. The van der Waals surface area contributed by atoms with E-state index in [1.165, 1.54) is 0 Å². The van der Waals surface area contributed by atoms with Gasteiger partial charge in [0.2, 0.25) is 0 Å². The molecule has 1 aliphatic carbocycles. The number of aryl methyl sites for hydroxylation is 2. The van der Waals surface area contributed by atoms with E-state index in [-0.39, 0.29) is 23.4 Å². The molecule has 0 bridgehead atoms. The molecule has 3 aromatic rings. The van der Waals surface area contributed by atoms with Crippen molar-refractivity contribution in [3.8, 4) is 0 Å². The molecule has 0 radical (unpaired) electrons. The quantitative estimate of drug-likeness (QED) is 0.762. The SMILES string of the molecule is Cc1nc(C2CCC2c2nc3c(cnn3C3CCOCC3)c(=O)[nH]2)oc1C. The highest BCUT2D eigenvalue weighted by Crippen LogP contribution is 2.47. The van der Waals surface area contributed by atoms with Crippen LogP contribution in [-0.2, 0) is 4.74 Å². The van der Waals surface area contributed by atoms with Gasteiger partial charge in [0, 0.05) is 25.0 Å². The Morgan fingerprint density at radius 1 is 1.11 bits per heavy atom. The van der Waals surface area contributed by atoms with Crippen LogP contribution in [-0.4, -0.2) is 37.9 Å². The number of fused-ring (bicyclic) bond motifs is 1. The molecule has 3 aromatic heterocycles. The van der Waals surface area contributed by atoms with E-state index < -0.39 is 0 Å². The summed E-state index contributed by atoms with van der Waals surface area (Å²) < 4.78 is 13.2. The molecule has 0 amide bonds. The van der Waals surface area contributed by atoms with Gasteiger partial charge in [0.25, 0.3) is 5.56 Å². The maximum Gasteiger partial charge on any atom is 0.262 e. The first kappa shape index (κ1) is 16.7. The third-order valence-electron chi connectivity index (χ3n) is 6.01. The van der Waals surface area contributed by atoms with Gasteiger partial charge >= 0.3 is 0 Å². The number of ether oxygens (including phenoxy) is 1. The zero-order chi connectivity index (χ0) is 18.5. The van der Waals surface area contributed by atoms with Crippen LogP contribution in [0, 0.1) is 13.8 Å². The van der Waals surface area contributed by atoms with E-state index in [0.29, 0.717) is 16.9 Å². The molecule has 8 nitrogen and oxygen atoms in total. The highest BCUT2D eigenvalue weighted by atomic mass is 16.5. The predicted molar refractivity (Wildman–Crippen MR) is 97.9 cm³/mol. The second-order valence-corrected chi connectivity index (χ2v) is 7.61. The van der Waals surface area contributed by atoms with Gasteiger partial charge in [-0.1, -0.05) is 0 Å². The number of oxazole rings is 1. The second-order valence-electron chi connectivity index (χ2n) is 7.61. The number of aromatic amines is 1. The van der Waals surface area contributed by atoms with Crippen LogP contribution >= 0.6 is 0 Å². The normalized spacial score (nSPS) is 23.6. The van der Waals surface area contributed by atoms with Crippen molar-refractivity contribution in [2.75, 3.05) is 13.2 Å². The minimum atomic E-state index is -0.126. The number of rotatable bonds is 3. The van der Waals surface area contributed by atoms with E-state index in [2.05, 4.69) is 15.1 Å². The van der Waals surface area contributed by atoms with Crippen molar-refractivity contribution in [2.24, 2.45) is 0 Å². The molecule has 4 heterocycles. The summed E-state index contributed by atoms with van der Waals surface area (Å²) in [6.07, 6.45) is 5.36. The van der Waals surface area contributed by atoms with Crippen molar-refractivity contribution in [1.82, 2.24) is 24.7 Å². The average molecular weight is 369 g/mol. The van der Waals surface area contributed by atoms with Crippen molar-refractivity contribution in [3.63, 3.8) is 0 Å². The van der Waals surface area contributed by atoms with Gasteiger partial charge in [-0.15, -0.1) is 0 Å². The molecule has 2 unspecified atom stereocenters. The summed E-state index contributed by atoms with van der Waals surface area (Å²) in [4.78, 5) is 25.0. The molecule has 5 rings (SSSR count). The van der Waals surface area contributed by atoms with E-state index in [4.69, 9.17) is 14.1 Å². The van der Waals surface area contributed by atoms with Gasteiger partial charge in [-0.3, -0.25) is 4.79 Å². The van der Waals surface area contributed by atoms with Crippen LogP contribution in [0.5, 0.6) is 0 Å². The first-order valence-corrected chi connectivity index (χ1v) is 9.61. The summed E-state index contributed by atoms with van der Waals surface area (Å²) in [6.45, 7) is 5.32. The number of nitrogens with zero attached hydrogens (tertiary/aromatic N) is 4. The topological polar surface area (TPSA) is 98.8 Å². The van der Waals surface area contributed by atoms with Gasteiger partial charge in [-0.05, 0) is 39.5 Å². The predicted octanol–water partition coefficient (Wildman–Crippen LogP) is 2.74. The molecule has 142 valence electrons. The molecule has 27 heavy (non-hydrogen) atoms. The highest BCUT2D eigenvalue weighted by Gasteiger charge is 2.39. The van der Waals surface area contributed by atoms with Gasteiger partial charge < -0.3 is 14.1 Å². The van der Waals surface area contributed by atoms with E-state index in [1.54, 1.807) is 6.20 Å². The Labute approximate surface area is 156 Å². The number of hydrogen-bond donors (Lipinski definition) is 1. The maximum atomic E-state index is 12.6. The second kappa shape index (κ2) is 6.30. The van der Waals surface area contributed by atoms with Crippen molar-refractivity contribution >= 4 is 11.0 Å². The minimum absolute atomic E-state index is 0.123. The zero-order valence-electron chi connectivity index (χ0n) is 15.6. The molecule has 1 N–H and O–H groups in total. The molecule has 2 atom stereocenters. The minimum Gasteiger partial charge on any atom is -0.445 e. The van der Waals surface area contributed by atoms with Gasteiger partial charge in [-0.25, -0.2) is 14.6 Å². The number of hydrogen-bond acceptors (Lipinski definition) is 6. The lowest BCUT2D eigenvalue weighted by Gasteiger charge is -2.33. The first-order valence-electron chi connectivity index (χ1n) is 9.61. The number of nitrogens with one attached hydrogen (secondary N) is 1. The Balaban J connectivity index is 1.52. The Hall–Kier alpha value is -2.48. The third kappa shape index (κ3) is 2.70. The van der Waals surface area contributed by atoms with E-state index in [1.807, 2.05) is 18.5 Å². The summed E-state index contributed by atoms with van der Waals surface area (Å²) in [5, 5.41) is 5.01. The Kier molecular flexibility index (Phi) is 3.89. The van der Waals surface area contributed by atoms with Crippen molar-refractivity contribution in [3.05, 3.63) is 39.7 Å². The van der Waals surface area contributed by atoms with Crippen LogP contribution in [0.1, 0.15) is 66.7 Å². The smallest absolute Gasteiger partial charge is 0.262 e. The highest BCUT2D eigenvalue weighted by molar-refractivity contribution is 5.73. The molecular weight excluding hydrogens is 346 g/mol. The fourth-order valence-electron chi connectivity index (χ4n) is 4.10. The van der Waals surface area contributed by atoms with Gasteiger partial charge in [0.15, 0.2) is 11.5 Å². The standard InChI is InChI=1S/C19H23N5O3/c1-10-11(2)27-19(21-10)14-4-3-13(14)16-22-17-15(18(25)23-16)9-20-24(17)12-5-7-26-8-6-12/h9,12-14H,3-8H2,1-2H3,(H,22,23,25). The monoisotopic (exact) mass is 369 g/mol. The molecule has 1 saturated carbocycles. The summed E-state index contributed by atoms with van der Waals surface area (Å²) >= 11 is 0. The van der Waals surface area contributed by atoms with Crippen LogP contribution in [0.25, 0.3) is 11.0 Å². The Morgan fingerprint density at radius 3 is 2.56 bits per heavy atom. The number of H-pyrrole nitrogens is 1. The maximum absolute atomic E-state index is 12.6. The lowest BCUT2D eigenvalue weighted by Crippen LogP contribution is -2.27. The third-order valence-corrected chi connectivity index (χ3v) is 6.01. The average Bonchev–Trinajstić information content (AvgIpc) is 3.19. The molecule has 0 aromatic carbocycles. The Bertz CT molecular complexity index is 1020. The zero-order valence-corrected chi connectivity index (χ0v) is 15.6. The fourth-order valence-corrected chi connectivity index (χ4v) is 4.10. The van der Waals surface area contributed by atoms with Crippen LogP contribution < -0.4 is 5.56 Å². The lowest BCUT2D eigenvalue weighted by atomic mass is 9.73. The lowest BCUT2D eigenvalue weighted by molar-refractivity contribution is 0.0673. The van der Waals surface area contributed by atoms with E-state index in [9.17, 15) is 4.79 Å². The molecule has 1 saturated heterocycles.